The molecule has 0 aromatic heterocycles. The molecule has 1 spiro atoms. The van der Waals surface area contributed by atoms with Crippen molar-refractivity contribution in [1.29, 1.82) is 0 Å². The fourth-order valence-electron chi connectivity index (χ4n) is 5.77. The average molecular weight is 368 g/mol. The Morgan fingerprint density at radius 1 is 1.37 bits per heavy atom. The van der Waals surface area contributed by atoms with Crippen molar-refractivity contribution in [3.63, 3.8) is 0 Å². The third-order valence-corrected chi connectivity index (χ3v) is 7.14. The van der Waals surface area contributed by atoms with Crippen LogP contribution in [0.5, 0.6) is 0 Å². The smallest absolute Gasteiger partial charge is 0.337 e. The number of ether oxygens (including phenoxy) is 2. The van der Waals surface area contributed by atoms with Crippen LogP contribution in [0.1, 0.15) is 25.3 Å². The van der Waals surface area contributed by atoms with E-state index in [-0.39, 0.29) is 35.9 Å². The fraction of sp³-hybridized carbons (Fsp3) is 0.524. The normalized spacial score (nSPS) is 37.0. The van der Waals surface area contributed by atoms with Crippen molar-refractivity contribution in [2.75, 3.05) is 25.5 Å². The minimum atomic E-state index is -0.523. The second kappa shape index (κ2) is 5.83. The highest BCUT2D eigenvalue weighted by Crippen LogP contribution is 2.53. The second-order valence-electron chi connectivity index (χ2n) is 8.14. The summed E-state index contributed by atoms with van der Waals surface area (Å²) in [5.74, 6) is 0.0558. The number of nitrogens with one attached hydrogen (secondary N) is 1. The van der Waals surface area contributed by atoms with Crippen LogP contribution in [0.4, 0.5) is 5.69 Å². The van der Waals surface area contributed by atoms with E-state index >= 15 is 0 Å². The van der Waals surface area contributed by atoms with Crippen LogP contribution in [-0.2, 0) is 24.5 Å². The molecule has 4 aliphatic heterocycles. The minimum absolute atomic E-state index is 0.0468. The number of carbonyl (C=O) groups is 2. The van der Waals surface area contributed by atoms with E-state index in [1.54, 1.807) is 6.26 Å². The monoisotopic (exact) mass is 368 g/mol. The molecule has 6 nitrogen and oxygen atoms in total. The van der Waals surface area contributed by atoms with Crippen LogP contribution in [0, 0.1) is 11.8 Å². The van der Waals surface area contributed by atoms with E-state index in [1.807, 2.05) is 18.2 Å². The number of rotatable bonds is 1. The van der Waals surface area contributed by atoms with Gasteiger partial charge in [0.25, 0.3) is 0 Å². The zero-order valence-electron chi connectivity index (χ0n) is 15.6. The van der Waals surface area contributed by atoms with E-state index in [0.717, 1.165) is 37.2 Å². The van der Waals surface area contributed by atoms with Gasteiger partial charge >= 0.3 is 5.97 Å². The largest absolute Gasteiger partial charge is 0.497 e. The highest BCUT2D eigenvalue weighted by atomic mass is 16.5. The van der Waals surface area contributed by atoms with Gasteiger partial charge < -0.3 is 14.8 Å². The van der Waals surface area contributed by atoms with E-state index in [1.165, 1.54) is 7.11 Å². The molecule has 4 heterocycles. The van der Waals surface area contributed by atoms with Gasteiger partial charge in [0.15, 0.2) is 0 Å². The molecule has 1 unspecified atom stereocenters. The Hall–Kier alpha value is -2.34. The predicted molar refractivity (Wildman–Crippen MR) is 99.0 cm³/mol. The molecule has 6 heteroatoms. The van der Waals surface area contributed by atoms with E-state index in [9.17, 15) is 9.59 Å². The summed E-state index contributed by atoms with van der Waals surface area (Å²) in [7, 11) is 1.41. The molecule has 2 saturated heterocycles. The van der Waals surface area contributed by atoms with Gasteiger partial charge in [-0.15, -0.1) is 0 Å². The molecule has 0 saturated carbocycles. The van der Waals surface area contributed by atoms with Gasteiger partial charge in [-0.05, 0) is 37.9 Å². The number of methoxy groups -OCH3 is 1. The summed E-state index contributed by atoms with van der Waals surface area (Å²) in [6.45, 7) is 3.79. The highest BCUT2D eigenvalue weighted by molar-refractivity contribution is 6.07. The highest BCUT2D eigenvalue weighted by Gasteiger charge is 2.61. The third-order valence-electron chi connectivity index (χ3n) is 7.14. The molecule has 1 amide bonds. The molecule has 1 N–H and O–H groups in total. The lowest BCUT2D eigenvalue weighted by atomic mass is 9.66. The lowest BCUT2D eigenvalue weighted by Crippen LogP contribution is -2.56. The van der Waals surface area contributed by atoms with Crippen LogP contribution >= 0.6 is 0 Å². The Morgan fingerprint density at radius 2 is 2.19 bits per heavy atom. The molecule has 5 atom stereocenters. The zero-order chi connectivity index (χ0) is 18.8. The maximum atomic E-state index is 13.1. The second-order valence-corrected chi connectivity index (χ2v) is 8.14. The molecule has 142 valence electrons. The van der Waals surface area contributed by atoms with Crippen LogP contribution in [-0.4, -0.2) is 49.1 Å². The first-order valence-corrected chi connectivity index (χ1v) is 9.65. The number of hydrogen-bond donors (Lipinski definition) is 1. The van der Waals surface area contributed by atoms with Crippen molar-refractivity contribution in [2.24, 2.45) is 11.8 Å². The van der Waals surface area contributed by atoms with E-state index in [2.05, 4.69) is 23.2 Å². The van der Waals surface area contributed by atoms with Crippen LogP contribution < -0.4 is 5.32 Å². The van der Waals surface area contributed by atoms with Crippen molar-refractivity contribution in [3.05, 3.63) is 41.7 Å². The first-order valence-electron chi connectivity index (χ1n) is 9.65. The van der Waals surface area contributed by atoms with E-state index in [0.29, 0.717) is 5.57 Å². The van der Waals surface area contributed by atoms with Crippen molar-refractivity contribution < 1.29 is 19.1 Å². The van der Waals surface area contributed by atoms with Gasteiger partial charge in [0.1, 0.15) is 0 Å². The van der Waals surface area contributed by atoms with Crippen LogP contribution in [0.15, 0.2) is 36.1 Å². The number of para-hydroxylation sites is 1. The summed E-state index contributed by atoms with van der Waals surface area (Å²) >= 11 is 0. The number of fused-ring (bicyclic) bond motifs is 5. The number of piperidine rings is 1. The number of carbonyl (C=O) groups excluding carboxylic acids is 2. The van der Waals surface area contributed by atoms with Crippen molar-refractivity contribution in [1.82, 2.24) is 4.90 Å². The van der Waals surface area contributed by atoms with Crippen molar-refractivity contribution in [3.8, 4) is 0 Å². The van der Waals surface area contributed by atoms with Crippen molar-refractivity contribution >= 4 is 17.6 Å². The zero-order valence-corrected chi connectivity index (χ0v) is 15.6. The maximum absolute atomic E-state index is 13.1. The summed E-state index contributed by atoms with van der Waals surface area (Å²) in [6.07, 6.45) is 3.20. The Morgan fingerprint density at radius 3 is 3.00 bits per heavy atom. The number of benzene rings is 1. The SMILES string of the molecule is COC(=O)C1=CO[C@@H](C)[C@@H]2CN3CC[C@]4(C(=O)Nc5ccccc54)C3C[C@H]12. The molecule has 5 rings (SSSR count). The fourth-order valence-corrected chi connectivity index (χ4v) is 5.77. The number of amides is 1. The molecule has 27 heavy (non-hydrogen) atoms. The molecule has 2 fully saturated rings. The number of esters is 1. The van der Waals surface area contributed by atoms with Crippen molar-refractivity contribution in [2.45, 2.75) is 37.3 Å². The summed E-state index contributed by atoms with van der Waals surface area (Å²) in [5, 5.41) is 3.09. The lowest BCUT2D eigenvalue weighted by Gasteiger charge is -2.48. The number of hydrogen-bond acceptors (Lipinski definition) is 5. The van der Waals surface area contributed by atoms with Gasteiger partial charge in [-0.2, -0.15) is 0 Å². The third kappa shape index (κ3) is 2.16. The van der Waals surface area contributed by atoms with Gasteiger partial charge in [0.2, 0.25) is 5.91 Å². The van der Waals surface area contributed by atoms with Crippen LogP contribution in [0.25, 0.3) is 0 Å². The quantitative estimate of drug-likeness (QED) is 0.769. The number of nitrogens with zero attached hydrogens (tertiary/aromatic N) is 1. The van der Waals surface area contributed by atoms with Gasteiger partial charge in [0, 0.05) is 30.1 Å². The Balaban J connectivity index is 1.55. The molecule has 0 bridgehead atoms. The molecule has 0 radical (unpaired) electrons. The Kier molecular flexibility index (Phi) is 3.63. The van der Waals surface area contributed by atoms with E-state index in [4.69, 9.17) is 9.47 Å². The summed E-state index contributed by atoms with van der Waals surface area (Å²) in [6, 6.07) is 8.10. The van der Waals surface area contributed by atoms with Gasteiger partial charge in [0.05, 0.1) is 30.5 Å². The molecular formula is C21H24N2O4. The van der Waals surface area contributed by atoms with Crippen LogP contribution in [0.3, 0.4) is 0 Å². The van der Waals surface area contributed by atoms with E-state index < -0.39 is 5.41 Å². The molecular weight excluding hydrogens is 344 g/mol. The summed E-state index contributed by atoms with van der Waals surface area (Å²) < 4.78 is 10.8. The van der Waals surface area contributed by atoms with Crippen LogP contribution in [0.2, 0.25) is 0 Å². The summed E-state index contributed by atoms with van der Waals surface area (Å²) in [5.41, 5.74) is 2.11. The maximum Gasteiger partial charge on any atom is 0.337 e. The first-order chi connectivity index (χ1) is 13.1. The molecule has 1 aromatic rings. The molecule has 0 aliphatic carbocycles. The van der Waals surface area contributed by atoms with Gasteiger partial charge in [-0.3, -0.25) is 9.69 Å². The standard InChI is InChI=1S/C21H24N2O4/c1-12-14-10-23-8-7-21(16-5-3-4-6-17(16)22-20(21)25)18(23)9-13(14)15(11-27-12)19(24)26-2/h3-6,11-14,18H,7-10H2,1-2H3,(H,22,25)/t12-,13-,14-,18?,21+/m0/s1. The Labute approximate surface area is 158 Å². The summed E-state index contributed by atoms with van der Waals surface area (Å²) in [4.78, 5) is 27.9. The predicted octanol–water partition coefficient (Wildman–Crippen LogP) is 2.06. The Bertz CT molecular complexity index is 850. The molecule has 1 aromatic carbocycles. The number of anilines is 1. The topological polar surface area (TPSA) is 67.9 Å². The minimum Gasteiger partial charge on any atom is -0.497 e. The molecule has 4 aliphatic rings. The average Bonchev–Trinajstić information content (AvgIpc) is 3.20. The van der Waals surface area contributed by atoms with Gasteiger partial charge in [-0.25, -0.2) is 4.79 Å². The lowest BCUT2D eigenvalue weighted by molar-refractivity contribution is -0.139. The van der Waals surface area contributed by atoms with Gasteiger partial charge in [-0.1, -0.05) is 18.2 Å². The first kappa shape index (κ1) is 16.8.